The van der Waals surface area contributed by atoms with Crippen LogP contribution in [0.15, 0.2) is 211 Å². The highest BCUT2D eigenvalue weighted by atomic mass is 16.3. The summed E-state index contributed by atoms with van der Waals surface area (Å²) in [5.41, 5.74) is 13.1. The molecule has 0 unspecified atom stereocenters. The number of rotatable bonds is 6. The van der Waals surface area contributed by atoms with Gasteiger partial charge in [-0.3, -0.25) is 0 Å². The maximum atomic E-state index is 6.59. The van der Waals surface area contributed by atoms with E-state index in [1.54, 1.807) is 0 Å². The molecule has 11 rings (SSSR count). The van der Waals surface area contributed by atoms with Gasteiger partial charge in [-0.15, -0.1) is 0 Å². The molecule has 2 aromatic heterocycles. The van der Waals surface area contributed by atoms with E-state index in [1.165, 1.54) is 27.1 Å². The number of para-hydroxylation sites is 2. The minimum absolute atomic E-state index is 0.677. The Hall–Kier alpha value is -7.62. The molecule has 266 valence electrons. The van der Waals surface area contributed by atoms with Crippen molar-refractivity contribution in [3.8, 4) is 67.3 Å². The second kappa shape index (κ2) is 13.6. The monoisotopic (exact) mass is 726 g/mol. The molecule has 0 aliphatic heterocycles. The first-order valence-electron chi connectivity index (χ1n) is 19.3. The lowest BCUT2D eigenvalue weighted by atomic mass is 9.92. The Kier molecular flexibility index (Phi) is 7.82. The Balaban J connectivity index is 1.13. The first kappa shape index (κ1) is 32.8. The molecule has 0 aliphatic carbocycles. The molecule has 11 aromatic rings. The van der Waals surface area contributed by atoms with E-state index < -0.39 is 0 Å². The largest absolute Gasteiger partial charge is 0.455 e. The third-order valence-corrected chi connectivity index (χ3v) is 11.0. The molecule has 0 saturated heterocycles. The van der Waals surface area contributed by atoms with E-state index in [1.807, 2.05) is 30.3 Å². The van der Waals surface area contributed by atoms with Gasteiger partial charge in [0.05, 0.1) is 11.4 Å². The first-order chi connectivity index (χ1) is 28.2. The fourth-order valence-electron chi connectivity index (χ4n) is 8.22. The predicted molar refractivity (Wildman–Crippen MR) is 237 cm³/mol. The Morgan fingerprint density at radius 1 is 0.298 bits per heavy atom. The quantitative estimate of drug-likeness (QED) is 0.171. The molecule has 0 aliphatic rings. The summed E-state index contributed by atoms with van der Waals surface area (Å²) >= 11 is 0. The summed E-state index contributed by atoms with van der Waals surface area (Å²) in [4.78, 5) is 10.5. The summed E-state index contributed by atoms with van der Waals surface area (Å²) in [6.07, 6.45) is 0. The molecule has 0 bridgehead atoms. The zero-order valence-electron chi connectivity index (χ0n) is 30.9. The fourth-order valence-corrected chi connectivity index (χ4v) is 8.22. The van der Waals surface area contributed by atoms with Crippen molar-refractivity contribution in [1.82, 2.24) is 9.97 Å². The van der Waals surface area contributed by atoms with Gasteiger partial charge >= 0.3 is 0 Å². The summed E-state index contributed by atoms with van der Waals surface area (Å²) in [5.74, 6) is 0.677. The molecular formula is C54H34N2O. The molecule has 57 heavy (non-hydrogen) atoms. The summed E-state index contributed by atoms with van der Waals surface area (Å²) in [7, 11) is 0. The van der Waals surface area contributed by atoms with Gasteiger partial charge in [-0.05, 0) is 91.8 Å². The average Bonchev–Trinajstić information content (AvgIpc) is 3.68. The summed E-state index contributed by atoms with van der Waals surface area (Å²) in [5, 5.41) is 7.06. The number of fused-ring (bicyclic) bond motifs is 5. The van der Waals surface area contributed by atoms with Crippen LogP contribution in [-0.2, 0) is 0 Å². The fraction of sp³-hybridized carbons (Fsp3) is 0. The zero-order valence-corrected chi connectivity index (χ0v) is 30.9. The molecule has 3 nitrogen and oxygen atoms in total. The number of furan rings is 1. The van der Waals surface area contributed by atoms with E-state index in [9.17, 15) is 0 Å². The molecule has 0 radical (unpaired) electrons. The van der Waals surface area contributed by atoms with Gasteiger partial charge in [0.25, 0.3) is 0 Å². The molecular weight excluding hydrogens is 693 g/mol. The Bertz CT molecular complexity index is 3300. The molecule has 0 atom stereocenters. The van der Waals surface area contributed by atoms with Crippen LogP contribution in [0, 0.1) is 0 Å². The van der Waals surface area contributed by atoms with Crippen LogP contribution < -0.4 is 0 Å². The Labute approximate surface area is 330 Å². The van der Waals surface area contributed by atoms with Gasteiger partial charge in [0.2, 0.25) is 0 Å². The molecule has 0 saturated carbocycles. The van der Waals surface area contributed by atoms with Crippen molar-refractivity contribution in [2.24, 2.45) is 0 Å². The number of hydrogen-bond donors (Lipinski definition) is 0. The van der Waals surface area contributed by atoms with Gasteiger partial charge in [-0.1, -0.05) is 164 Å². The maximum absolute atomic E-state index is 6.59. The second-order valence-corrected chi connectivity index (χ2v) is 14.6. The van der Waals surface area contributed by atoms with Crippen molar-refractivity contribution in [3.63, 3.8) is 0 Å². The Morgan fingerprint density at radius 2 is 0.895 bits per heavy atom. The average molecular weight is 727 g/mol. The van der Waals surface area contributed by atoms with Crippen LogP contribution in [0.5, 0.6) is 0 Å². The smallest absolute Gasteiger partial charge is 0.160 e. The lowest BCUT2D eigenvalue weighted by Crippen LogP contribution is -1.97. The van der Waals surface area contributed by atoms with Crippen LogP contribution in [0.1, 0.15) is 0 Å². The summed E-state index contributed by atoms with van der Waals surface area (Å²) in [6, 6.07) is 72.9. The number of hydrogen-bond acceptors (Lipinski definition) is 3. The van der Waals surface area contributed by atoms with Crippen molar-refractivity contribution in [2.75, 3.05) is 0 Å². The molecule has 2 heterocycles. The van der Waals surface area contributed by atoms with Crippen molar-refractivity contribution < 1.29 is 4.42 Å². The van der Waals surface area contributed by atoms with Crippen molar-refractivity contribution >= 4 is 43.5 Å². The summed E-state index contributed by atoms with van der Waals surface area (Å²) in [6.45, 7) is 0. The second-order valence-electron chi connectivity index (χ2n) is 14.6. The van der Waals surface area contributed by atoms with Crippen LogP contribution >= 0.6 is 0 Å². The van der Waals surface area contributed by atoms with Crippen LogP contribution in [0.25, 0.3) is 111 Å². The lowest BCUT2D eigenvalue weighted by Gasteiger charge is -2.14. The third kappa shape index (κ3) is 5.94. The maximum Gasteiger partial charge on any atom is 0.160 e. The molecule has 9 aromatic carbocycles. The lowest BCUT2D eigenvalue weighted by molar-refractivity contribution is 0.670. The normalized spacial score (nSPS) is 11.5. The van der Waals surface area contributed by atoms with Crippen molar-refractivity contribution in [1.29, 1.82) is 0 Å². The highest BCUT2D eigenvalue weighted by Crippen LogP contribution is 2.40. The van der Waals surface area contributed by atoms with Crippen molar-refractivity contribution in [3.05, 3.63) is 206 Å². The van der Waals surface area contributed by atoms with Crippen LogP contribution in [0.4, 0.5) is 0 Å². The molecule has 0 fully saturated rings. The van der Waals surface area contributed by atoms with Gasteiger partial charge in [0.1, 0.15) is 11.2 Å². The van der Waals surface area contributed by atoms with E-state index in [4.69, 9.17) is 14.4 Å². The van der Waals surface area contributed by atoms with E-state index >= 15 is 0 Å². The van der Waals surface area contributed by atoms with Crippen molar-refractivity contribution in [2.45, 2.75) is 0 Å². The van der Waals surface area contributed by atoms with Crippen LogP contribution in [-0.4, -0.2) is 9.97 Å². The topological polar surface area (TPSA) is 38.9 Å². The van der Waals surface area contributed by atoms with Gasteiger partial charge < -0.3 is 4.42 Å². The van der Waals surface area contributed by atoms with E-state index in [2.05, 4.69) is 176 Å². The standard InChI is InChI=1S/C54H34N2O/c1-2-15-37(16-3-1)54-55-50(41-20-10-19-40(30-41)46-23-11-18-36-14-6-7-21-45(36)46)34-51(56-54)44-32-42(39-28-27-35-13-4-5-17-38(35)29-39)31-43(33-44)47-24-12-25-49-48-22-8-9-26-52(48)57-53(47)49/h1-34H. The number of benzene rings is 9. The summed E-state index contributed by atoms with van der Waals surface area (Å²) < 4.78 is 6.59. The highest BCUT2D eigenvalue weighted by Gasteiger charge is 2.17. The van der Waals surface area contributed by atoms with Gasteiger partial charge in [-0.25, -0.2) is 9.97 Å². The Morgan fingerprint density at radius 3 is 1.79 bits per heavy atom. The predicted octanol–water partition coefficient (Wildman–Crippen LogP) is 14.7. The SMILES string of the molecule is c1ccc(-c2nc(-c3cccc(-c4cccc5ccccc45)c3)cc(-c3cc(-c4ccc5ccccc5c4)cc(-c4cccc5c4oc4ccccc45)c3)n2)cc1. The molecule has 0 amide bonds. The third-order valence-electron chi connectivity index (χ3n) is 11.0. The molecule has 0 N–H and O–H groups in total. The highest BCUT2D eigenvalue weighted by molar-refractivity contribution is 6.10. The minimum atomic E-state index is 0.677. The van der Waals surface area contributed by atoms with Crippen LogP contribution in [0.2, 0.25) is 0 Å². The van der Waals surface area contributed by atoms with Gasteiger partial charge in [-0.2, -0.15) is 0 Å². The van der Waals surface area contributed by atoms with E-state index in [-0.39, 0.29) is 0 Å². The minimum Gasteiger partial charge on any atom is -0.455 e. The number of aromatic nitrogens is 2. The number of nitrogens with zero attached hydrogens (tertiary/aromatic N) is 2. The van der Waals surface area contributed by atoms with E-state index in [0.29, 0.717) is 5.82 Å². The van der Waals surface area contributed by atoms with Crippen LogP contribution in [0.3, 0.4) is 0 Å². The first-order valence-corrected chi connectivity index (χ1v) is 19.3. The van der Waals surface area contributed by atoms with Gasteiger partial charge in [0, 0.05) is 33.0 Å². The molecule has 3 heteroatoms. The zero-order chi connectivity index (χ0) is 37.7. The van der Waals surface area contributed by atoms with Gasteiger partial charge in [0.15, 0.2) is 5.82 Å². The van der Waals surface area contributed by atoms with E-state index in [0.717, 1.165) is 77.8 Å². The molecule has 0 spiro atoms.